The maximum absolute atomic E-state index is 11.3. The van der Waals surface area contributed by atoms with Gasteiger partial charge in [0.2, 0.25) is 11.8 Å². The second-order valence-electron chi connectivity index (χ2n) is 5.81. The number of hydrogen-bond donors (Lipinski definition) is 0. The highest BCUT2D eigenvalue weighted by Crippen LogP contribution is 2.18. The Morgan fingerprint density at radius 1 is 1.09 bits per heavy atom. The van der Waals surface area contributed by atoms with Crippen LogP contribution in [-0.4, -0.2) is 47.1 Å². The van der Waals surface area contributed by atoms with E-state index in [0.717, 1.165) is 38.2 Å². The topological polar surface area (TPSA) is 62.5 Å². The summed E-state index contributed by atoms with van der Waals surface area (Å²) in [5, 5.41) is 8.08. The van der Waals surface area contributed by atoms with Gasteiger partial charge in [-0.15, -0.1) is 10.2 Å². The fourth-order valence-electron chi connectivity index (χ4n) is 2.76. The van der Waals surface area contributed by atoms with Gasteiger partial charge in [-0.3, -0.25) is 9.69 Å². The van der Waals surface area contributed by atoms with Crippen LogP contribution in [0.4, 0.5) is 5.69 Å². The number of carbonyl (C=O) groups is 1. The number of hydrogen-bond acceptors (Lipinski definition) is 6. The van der Waals surface area contributed by atoms with E-state index in [0.29, 0.717) is 18.3 Å². The molecule has 6 nitrogen and oxygen atoms in total. The summed E-state index contributed by atoms with van der Waals surface area (Å²) in [5.74, 6) is 1.50. The fourth-order valence-corrected chi connectivity index (χ4v) is 2.76. The van der Waals surface area contributed by atoms with E-state index in [1.54, 1.807) is 6.92 Å². The van der Waals surface area contributed by atoms with Gasteiger partial charge in [-0.1, -0.05) is 6.92 Å². The number of carbonyl (C=O) groups excluding carboxylic acids is 1. The molecule has 3 rings (SSSR count). The Kier molecular flexibility index (Phi) is 4.71. The van der Waals surface area contributed by atoms with Gasteiger partial charge in [0.15, 0.2) is 5.78 Å². The molecule has 0 saturated carbocycles. The summed E-state index contributed by atoms with van der Waals surface area (Å²) in [6.07, 6.45) is 0.775. The van der Waals surface area contributed by atoms with Gasteiger partial charge in [0.05, 0.1) is 6.54 Å². The van der Waals surface area contributed by atoms with Gasteiger partial charge in [-0.2, -0.15) is 0 Å². The predicted octanol–water partition coefficient (Wildman–Crippen LogP) is 2.16. The molecule has 0 atom stereocenters. The standard InChI is InChI=1S/C17H22N4O2/c1-3-16-18-19-17(23-16)12-20-8-10-21(11-9-20)15-6-4-14(5-7-15)13(2)22/h4-7H,3,8-12H2,1-2H3. The van der Waals surface area contributed by atoms with Crippen molar-refractivity contribution in [3.05, 3.63) is 41.6 Å². The number of benzene rings is 1. The van der Waals surface area contributed by atoms with Gasteiger partial charge in [0.25, 0.3) is 0 Å². The Labute approximate surface area is 136 Å². The molecule has 2 aromatic rings. The van der Waals surface area contributed by atoms with Crippen molar-refractivity contribution in [1.82, 2.24) is 15.1 Å². The van der Waals surface area contributed by atoms with Gasteiger partial charge < -0.3 is 9.32 Å². The molecule has 23 heavy (non-hydrogen) atoms. The maximum atomic E-state index is 11.3. The highest BCUT2D eigenvalue weighted by atomic mass is 16.4. The minimum atomic E-state index is 0.104. The Morgan fingerprint density at radius 3 is 2.30 bits per heavy atom. The molecule has 1 aliphatic rings. The zero-order valence-electron chi connectivity index (χ0n) is 13.7. The Balaban J connectivity index is 1.54. The molecule has 0 unspecified atom stereocenters. The van der Waals surface area contributed by atoms with Crippen LogP contribution in [0.15, 0.2) is 28.7 Å². The number of ketones is 1. The summed E-state index contributed by atoms with van der Waals surface area (Å²) in [6, 6.07) is 7.85. The summed E-state index contributed by atoms with van der Waals surface area (Å²) in [6.45, 7) is 8.13. The van der Waals surface area contributed by atoms with E-state index in [1.165, 1.54) is 5.69 Å². The molecule has 0 N–H and O–H groups in total. The van der Waals surface area contributed by atoms with E-state index >= 15 is 0 Å². The Hall–Kier alpha value is -2.21. The van der Waals surface area contributed by atoms with Crippen LogP contribution in [0.3, 0.4) is 0 Å². The van der Waals surface area contributed by atoms with Crippen molar-refractivity contribution in [3.63, 3.8) is 0 Å². The molecule has 2 heterocycles. The van der Waals surface area contributed by atoms with E-state index < -0.39 is 0 Å². The first-order chi connectivity index (χ1) is 11.2. The van der Waals surface area contributed by atoms with Crippen molar-refractivity contribution in [2.75, 3.05) is 31.1 Å². The molecule has 6 heteroatoms. The lowest BCUT2D eigenvalue weighted by molar-refractivity contribution is 0.101. The minimum Gasteiger partial charge on any atom is -0.424 e. The second-order valence-corrected chi connectivity index (χ2v) is 5.81. The molecule has 1 aliphatic heterocycles. The third-order valence-corrected chi connectivity index (χ3v) is 4.18. The monoisotopic (exact) mass is 314 g/mol. The molecule has 1 aromatic carbocycles. The molecule has 0 aliphatic carbocycles. The number of anilines is 1. The van der Waals surface area contributed by atoms with Crippen molar-refractivity contribution in [2.24, 2.45) is 0 Å². The average molecular weight is 314 g/mol. The summed E-state index contributed by atoms with van der Waals surface area (Å²) >= 11 is 0. The highest BCUT2D eigenvalue weighted by Gasteiger charge is 2.19. The first-order valence-electron chi connectivity index (χ1n) is 8.05. The number of rotatable bonds is 5. The predicted molar refractivity (Wildman–Crippen MR) is 87.6 cm³/mol. The highest BCUT2D eigenvalue weighted by molar-refractivity contribution is 5.94. The van der Waals surface area contributed by atoms with Gasteiger partial charge in [-0.05, 0) is 31.2 Å². The molecule has 1 aromatic heterocycles. The van der Waals surface area contributed by atoms with Crippen LogP contribution in [-0.2, 0) is 13.0 Å². The summed E-state index contributed by atoms with van der Waals surface area (Å²) in [5.41, 5.74) is 1.93. The number of Topliss-reactive ketones (excluding diaryl/α,β-unsaturated/α-hetero) is 1. The van der Waals surface area contributed by atoms with Gasteiger partial charge in [0.1, 0.15) is 0 Å². The molecule has 1 saturated heterocycles. The summed E-state index contributed by atoms with van der Waals surface area (Å²) in [4.78, 5) is 16.0. The normalized spacial score (nSPS) is 15.8. The third-order valence-electron chi connectivity index (χ3n) is 4.18. The van der Waals surface area contributed by atoms with E-state index in [1.807, 2.05) is 31.2 Å². The molecule has 0 bridgehead atoms. The lowest BCUT2D eigenvalue weighted by Gasteiger charge is -2.35. The van der Waals surface area contributed by atoms with Crippen LogP contribution >= 0.6 is 0 Å². The van der Waals surface area contributed by atoms with E-state index in [-0.39, 0.29) is 5.78 Å². The van der Waals surface area contributed by atoms with Crippen LogP contribution < -0.4 is 4.90 Å². The van der Waals surface area contributed by atoms with E-state index in [4.69, 9.17) is 4.42 Å². The third kappa shape index (κ3) is 3.76. The molecular weight excluding hydrogens is 292 g/mol. The van der Waals surface area contributed by atoms with Crippen LogP contribution in [0.1, 0.15) is 36.0 Å². The first-order valence-corrected chi connectivity index (χ1v) is 8.05. The molecule has 0 spiro atoms. The Bertz CT molecular complexity index is 657. The summed E-state index contributed by atoms with van der Waals surface area (Å²) < 4.78 is 5.57. The summed E-state index contributed by atoms with van der Waals surface area (Å²) in [7, 11) is 0. The van der Waals surface area contributed by atoms with Crippen LogP contribution in [0.25, 0.3) is 0 Å². The SMILES string of the molecule is CCc1nnc(CN2CCN(c3ccc(C(C)=O)cc3)CC2)o1. The smallest absolute Gasteiger partial charge is 0.230 e. The van der Waals surface area contributed by atoms with Gasteiger partial charge >= 0.3 is 0 Å². The lowest BCUT2D eigenvalue weighted by Crippen LogP contribution is -2.46. The quantitative estimate of drug-likeness (QED) is 0.788. The van der Waals surface area contributed by atoms with Crippen LogP contribution in [0.2, 0.25) is 0 Å². The van der Waals surface area contributed by atoms with Crippen molar-refractivity contribution in [2.45, 2.75) is 26.8 Å². The Morgan fingerprint density at radius 2 is 1.74 bits per heavy atom. The van der Waals surface area contributed by atoms with Crippen molar-refractivity contribution >= 4 is 11.5 Å². The number of aromatic nitrogens is 2. The average Bonchev–Trinajstić information content (AvgIpc) is 3.03. The lowest BCUT2D eigenvalue weighted by atomic mass is 10.1. The molecule has 122 valence electrons. The minimum absolute atomic E-state index is 0.104. The van der Waals surface area contributed by atoms with E-state index in [2.05, 4.69) is 20.0 Å². The fraction of sp³-hybridized carbons (Fsp3) is 0.471. The maximum Gasteiger partial charge on any atom is 0.230 e. The van der Waals surface area contributed by atoms with Crippen molar-refractivity contribution < 1.29 is 9.21 Å². The zero-order valence-corrected chi connectivity index (χ0v) is 13.7. The largest absolute Gasteiger partial charge is 0.424 e. The molecule has 0 amide bonds. The van der Waals surface area contributed by atoms with Crippen molar-refractivity contribution in [1.29, 1.82) is 0 Å². The van der Waals surface area contributed by atoms with Gasteiger partial charge in [-0.25, -0.2) is 0 Å². The first kappa shape index (κ1) is 15.7. The van der Waals surface area contributed by atoms with Crippen LogP contribution in [0.5, 0.6) is 0 Å². The zero-order chi connectivity index (χ0) is 16.2. The number of nitrogens with zero attached hydrogens (tertiary/aromatic N) is 4. The van der Waals surface area contributed by atoms with Gasteiger partial charge in [0, 0.05) is 43.9 Å². The molecular formula is C17H22N4O2. The van der Waals surface area contributed by atoms with E-state index in [9.17, 15) is 4.79 Å². The second kappa shape index (κ2) is 6.91. The number of aryl methyl sites for hydroxylation is 1. The molecule has 1 fully saturated rings. The molecule has 0 radical (unpaired) electrons. The van der Waals surface area contributed by atoms with Crippen molar-refractivity contribution in [3.8, 4) is 0 Å². The van der Waals surface area contributed by atoms with Crippen LogP contribution in [0, 0.1) is 0 Å². The number of piperazine rings is 1.